The Hall–Kier alpha value is -0.990. The lowest BCUT2D eigenvalue weighted by molar-refractivity contribution is 0.179. The lowest BCUT2D eigenvalue weighted by Crippen LogP contribution is -2.24. The third-order valence-corrected chi connectivity index (χ3v) is 2.50. The Kier molecular flexibility index (Phi) is 3.19. The Labute approximate surface area is 81.9 Å². The van der Waals surface area contributed by atoms with E-state index in [1.807, 2.05) is 0 Å². The number of aromatic nitrogens is 3. The van der Waals surface area contributed by atoms with Crippen molar-refractivity contribution in [2.45, 2.75) is 6.04 Å². The molecule has 0 amide bonds. The Morgan fingerprint density at radius 2 is 2.36 bits per heavy atom. The number of hydrogen-bond donors (Lipinski definition) is 1. The number of rotatable bonds is 4. The second kappa shape index (κ2) is 4.03. The van der Waals surface area contributed by atoms with Gasteiger partial charge in [0.05, 0.1) is 30.8 Å². The second-order valence-electron chi connectivity index (χ2n) is 2.83. The van der Waals surface area contributed by atoms with Crippen molar-refractivity contribution in [1.29, 1.82) is 0 Å². The van der Waals surface area contributed by atoms with Crippen LogP contribution in [0.4, 0.5) is 0 Å². The standard InChI is InChI=1S/C6H12N4O3S/c1-13-4-5(7)6-3-8-9-10(6)14(2,11)12/h3,5H,4,7H2,1-2H3/t5-/m1/s1. The van der Waals surface area contributed by atoms with Gasteiger partial charge in [-0.25, -0.2) is 8.42 Å². The average molecular weight is 220 g/mol. The predicted octanol–water partition coefficient (Wildman–Crippen LogP) is -1.27. The van der Waals surface area contributed by atoms with E-state index in [9.17, 15) is 8.42 Å². The predicted molar refractivity (Wildman–Crippen MR) is 49.1 cm³/mol. The van der Waals surface area contributed by atoms with Crippen LogP contribution in [0.15, 0.2) is 6.20 Å². The molecule has 1 heterocycles. The van der Waals surface area contributed by atoms with Crippen molar-refractivity contribution in [1.82, 2.24) is 14.4 Å². The first-order valence-electron chi connectivity index (χ1n) is 3.82. The molecule has 14 heavy (non-hydrogen) atoms. The molecule has 0 fully saturated rings. The highest BCUT2D eigenvalue weighted by Crippen LogP contribution is 2.09. The molecule has 0 aromatic carbocycles. The fraction of sp³-hybridized carbons (Fsp3) is 0.667. The quantitative estimate of drug-likeness (QED) is 0.679. The van der Waals surface area contributed by atoms with Crippen LogP contribution in [-0.2, 0) is 14.8 Å². The molecular weight excluding hydrogens is 208 g/mol. The highest BCUT2D eigenvalue weighted by atomic mass is 32.2. The van der Waals surface area contributed by atoms with Crippen molar-refractivity contribution in [2.75, 3.05) is 20.0 Å². The van der Waals surface area contributed by atoms with Crippen molar-refractivity contribution in [3.8, 4) is 0 Å². The van der Waals surface area contributed by atoms with Gasteiger partial charge in [0.1, 0.15) is 0 Å². The average Bonchev–Trinajstić information content (AvgIpc) is 2.50. The van der Waals surface area contributed by atoms with Gasteiger partial charge in [-0.15, -0.1) is 9.19 Å². The molecule has 7 nitrogen and oxygen atoms in total. The first-order chi connectivity index (χ1) is 6.46. The zero-order valence-electron chi connectivity index (χ0n) is 7.91. The van der Waals surface area contributed by atoms with Crippen molar-refractivity contribution < 1.29 is 13.2 Å². The maximum atomic E-state index is 11.2. The molecule has 0 radical (unpaired) electrons. The summed E-state index contributed by atoms with van der Waals surface area (Å²) in [5.41, 5.74) is 5.97. The van der Waals surface area contributed by atoms with Crippen LogP contribution < -0.4 is 5.73 Å². The first kappa shape index (κ1) is 11.1. The molecule has 0 saturated carbocycles. The van der Waals surface area contributed by atoms with E-state index < -0.39 is 16.1 Å². The highest BCUT2D eigenvalue weighted by Gasteiger charge is 2.18. The summed E-state index contributed by atoms with van der Waals surface area (Å²) in [6.07, 6.45) is 2.34. The molecule has 1 aromatic heterocycles. The fourth-order valence-electron chi connectivity index (χ4n) is 0.993. The van der Waals surface area contributed by atoms with E-state index in [0.29, 0.717) is 5.69 Å². The molecule has 0 bridgehead atoms. The van der Waals surface area contributed by atoms with Crippen molar-refractivity contribution >= 4 is 10.0 Å². The van der Waals surface area contributed by atoms with E-state index in [1.54, 1.807) is 0 Å². The molecule has 1 rings (SSSR count). The van der Waals surface area contributed by atoms with E-state index in [4.69, 9.17) is 10.5 Å². The number of ether oxygens (including phenoxy) is 1. The Balaban J connectivity index is 3.05. The maximum absolute atomic E-state index is 11.2. The van der Waals surface area contributed by atoms with Crippen molar-refractivity contribution in [2.24, 2.45) is 5.73 Å². The normalized spacial score (nSPS) is 14.2. The van der Waals surface area contributed by atoms with Crippen molar-refractivity contribution in [3.05, 3.63) is 11.9 Å². The first-order valence-corrected chi connectivity index (χ1v) is 5.67. The van der Waals surface area contributed by atoms with E-state index in [2.05, 4.69) is 10.3 Å². The van der Waals surface area contributed by atoms with Crippen LogP contribution in [0.2, 0.25) is 0 Å². The van der Waals surface area contributed by atoms with Crippen LogP contribution >= 0.6 is 0 Å². The minimum Gasteiger partial charge on any atom is -0.383 e. The van der Waals surface area contributed by atoms with Gasteiger partial charge in [0, 0.05) is 7.11 Å². The van der Waals surface area contributed by atoms with Crippen LogP contribution in [-0.4, -0.2) is 42.8 Å². The molecule has 2 N–H and O–H groups in total. The summed E-state index contributed by atoms with van der Waals surface area (Å²) in [5.74, 6) is 0. The van der Waals surface area contributed by atoms with Crippen LogP contribution in [0.25, 0.3) is 0 Å². The van der Waals surface area contributed by atoms with E-state index in [1.165, 1.54) is 13.3 Å². The fourth-order valence-corrected chi connectivity index (χ4v) is 1.73. The molecule has 0 aliphatic carbocycles. The minimum absolute atomic E-state index is 0.211. The van der Waals surface area contributed by atoms with Crippen LogP contribution in [0.5, 0.6) is 0 Å². The van der Waals surface area contributed by atoms with Crippen LogP contribution in [0.1, 0.15) is 11.7 Å². The summed E-state index contributed by atoms with van der Waals surface area (Å²) < 4.78 is 28.0. The largest absolute Gasteiger partial charge is 0.383 e. The Morgan fingerprint density at radius 3 is 2.86 bits per heavy atom. The van der Waals surface area contributed by atoms with Gasteiger partial charge in [-0.3, -0.25) is 0 Å². The molecule has 8 heteroatoms. The molecular formula is C6H12N4O3S. The van der Waals surface area contributed by atoms with E-state index in [0.717, 1.165) is 10.3 Å². The minimum atomic E-state index is -3.45. The van der Waals surface area contributed by atoms with Gasteiger partial charge in [-0.05, 0) is 0 Å². The topological polar surface area (TPSA) is 100 Å². The Bertz CT molecular complexity index is 399. The van der Waals surface area contributed by atoms with Gasteiger partial charge in [0.15, 0.2) is 0 Å². The van der Waals surface area contributed by atoms with Gasteiger partial charge in [-0.2, -0.15) is 0 Å². The van der Waals surface area contributed by atoms with Gasteiger partial charge in [0.25, 0.3) is 10.0 Å². The smallest absolute Gasteiger partial charge is 0.252 e. The van der Waals surface area contributed by atoms with E-state index >= 15 is 0 Å². The zero-order valence-corrected chi connectivity index (χ0v) is 8.73. The van der Waals surface area contributed by atoms with Gasteiger partial charge in [-0.1, -0.05) is 5.21 Å². The summed E-state index contributed by atoms with van der Waals surface area (Å²) in [5, 5.41) is 6.92. The lowest BCUT2D eigenvalue weighted by atomic mass is 10.2. The van der Waals surface area contributed by atoms with Gasteiger partial charge in [0.2, 0.25) is 0 Å². The maximum Gasteiger partial charge on any atom is 0.252 e. The Morgan fingerprint density at radius 1 is 1.71 bits per heavy atom. The van der Waals surface area contributed by atoms with E-state index in [-0.39, 0.29) is 6.61 Å². The SMILES string of the molecule is COC[C@@H](N)c1cnnn1S(C)(=O)=O. The number of nitrogens with two attached hydrogens (primary N) is 1. The third kappa shape index (κ3) is 2.28. The number of nitrogens with zero attached hydrogens (tertiary/aromatic N) is 3. The molecule has 0 aliphatic heterocycles. The molecule has 0 unspecified atom stereocenters. The van der Waals surface area contributed by atoms with Crippen LogP contribution in [0.3, 0.4) is 0 Å². The second-order valence-corrected chi connectivity index (χ2v) is 4.64. The molecule has 0 spiro atoms. The summed E-state index contributed by atoms with van der Waals surface area (Å²) >= 11 is 0. The summed E-state index contributed by atoms with van der Waals surface area (Å²) in [7, 11) is -1.97. The molecule has 1 aromatic rings. The third-order valence-electron chi connectivity index (χ3n) is 1.58. The zero-order chi connectivity index (χ0) is 10.8. The monoisotopic (exact) mass is 220 g/mol. The summed E-state index contributed by atoms with van der Waals surface area (Å²) in [4.78, 5) is 0. The number of hydrogen-bond acceptors (Lipinski definition) is 6. The van der Waals surface area contributed by atoms with Gasteiger partial charge < -0.3 is 10.5 Å². The summed E-state index contributed by atoms with van der Waals surface area (Å²) in [6, 6.07) is -0.551. The van der Waals surface area contributed by atoms with Gasteiger partial charge >= 0.3 is 0 Å². The molecule has 1 atom stereocenters. The molecule has 80 valence electrons. The summed E-state index contributed by atoms with van der Waals surface area (Å²) in [6.45, 7) is 0.211. The van der Waals surface area contributed by atoms with Crippen molar-refractivity contribution in [3.63, 3.8) is 0 Å². The number of methoxy groups -OCH3 is 1. The van der Waals surface area contributed by atoms with Crippen LogP contribution in [0, 0.1) is 0 Å². The lowest BCUT2D eigenvalue weighted by Gasteiger charge is -2.10. The molecule has 0 aliphatic rings. The highest BCUT2D eigenvalue weighted by molar-refractivity contribution is 7.89. The molecule has 0 saturated heterocycles.